The largest absolute Gasteiger partial charge is 0.316 e. The van der Waals surface area contributed by atoms with Crippen LogP contribution in [0.25, 0.3) is 0 Å². The van der Waals surface area contributed by atoms with Crippen LogP contribution in [0.4, 0.5) is 0 Å². The van der Waals surface area contributed by atoms with Crippen LogP contribution in [0.2, 0.25) is 5.02 Å². The summed E-state index contributed by atoms with van der Waals surface area (Å²) in [5.74, 6) is 1.50. The minimum Gasteiger partial charge on any atom is -0.316 e. The lowest BCUT2D eigenvalue weighted by molar-refractivity contribution is 0.256. The van der Waals surface area contributed by atoms with E-state index in [1.54, 1.807) is 0 Å². The fourth-order valence-electron chi connectivity index (χ4n) is 2.44. The van der Waals surface area contributed by atoms with Crippen LogP contribution >= 0.6 is 11.6 Å². The van der Waals surface area contributed by atoms with Crippen molar-refractivity contribution in [1.82, 2.24) is 5.32 Å². The highest BCUT2D eigenvalue weighted by Crippen LogP contribution is 2.39. The van der Waals surface area contributed by atoms with Gasteiger partial charge in [-0.05, 0) is 48.9 Å². The third-order valence-corrected chi connectivity index (χ3v) is 3.85. The molecule has 1 nitrogen and oxygen atoms in total. The predicted octanol–water partition coefficient (Wildman–Crippen LogP) is 3.83. The van der Waals surface area contributed by atoms with Gasteiger partial charge in [-0.15, -0.1) is 0 Å². The van der Waals surface area contributed by atoms with Crippen LogP contribution in [-0.4, -0.2) is 13.1 Å². The normalized spacial score (nSPS) is 18.1. The molecule has 1 saturated carbocycles. The van der Waals surface area contributed by atoms with Crippen molar-refractivity contribution in [2.45, 2.75) is 32.1 Å². The second-order valence-corrected chi connectivity index (χ2v) is 5.10. The number of nitrogens with one attached hydrogen (secondary N) is 1. The van der Waals surface area contributed by atoms with Gasteiger partial charge in [0.05, 0.1) is 0 Å². The summed E-state index contributed by atoms with van der Waals surface area (Å²) in [5.41, 5.74) is 1.40. The first-order valence-corrected chi connectivity index (χ1v) is 6.65. The van der Waals surface area contributed by atoms with Gasteiger partial charge in [-0.2, -0.15) is 0 Å². The molecule has 1 atom stereocenters. The second-order valence-electron chi connectivity index (χ2n) is 4.66. The standard InChI is InChI=1S/C14H20ClN/c1-2-16-10-14(11-5-3-6-11)12-7-4-8-13(15)9-12/h4,7-9,11,14,16H,2-3,5-6,10H2,1H3. The van der Waals surface area contributed by atoms with Crippen molar-refractivity contribution in [3.05, 3.63) is 34.9 Å². The Labute approximate surface area is 103 Å². The number of hydrogen-bond donors (Lipinski definition) is 1. The van der Waals surface area contributed by atoms with E-state index in [0.717, 1.165) is 24.0 Å². The predicted molar refractivity (Wildman–Crippen MR) is 70.1 cm³/mol. The zero-order valence-electron chi connectivity index (χ0n) is 9.88. The van der Waals surface area contributed by atoms with Crippen molar-refractivity contribution in [3.63, 3.8) is 0 Å². The summed E-state index contributed by atoms with van der Waals surface area (Å²) in [6, 6.07) is 8.36. The molecule has 0 bridgehead atoms. The molecule has 0 heterocycles. The van der Waals surface area contributed by atoms with E-state index in [-0.39, 0.29) is 0 Å². The Hall–Kier alpha value is -0.530. The SMILES string of the molecule is CCNCC(c1cccc(Cl)c1)C1CCC1. The average Bonchev–Trinajstić information content (AvgIpc) is 2.21. The number of benzene rings is 1. The molecular formula is C14H20ClN. The van der Waals surface area contributed by atoms with Crippen LogP contribution in [0.1, 0.15) is 37.7 Å². The van der Waals surface area contributed by atoms with Gasteiger partial charge in [-0.25, -0.2) is 0 Å². The lowest BCUT2D eigenvalue weighted by Gasteiger charge is -2.34. The lowest BCUT2D eigenvalue weighted by atomic mass is 9.73. The van der Waals surface area contributed by atoms with E-state index in [4.69, 9.17) is 11.6 Å². The molecule has 0 radical (unpaired) electrons. The van der Waals surface area contributed by atoms with E-state index in [1.165, 1.54) is 24.8 Å². The molecule has 1 aromatic rings. The molecule has 1 aliphatic carbocycles. The first-order chi connectivity index (χ1) is 7.81. The quantitative estimate of drug-likeness (QED) is 0.821. The Bertz CT molecular complexity index is 333. The highest BCUT2D eigenvalue weighted by atomic mass is 35.5. The van der Waals surface area contributed by atoms with Crippen molar-refractivity contribution >= 4 is 11.6 Å². The fourth-order valence-corrected chi connectivity index (χ4v) is 2.63. The van der Waals surface area contributed by atoms with Gasteiger partial charge in [0, 0.05) is 11.6 Å². The minimum absolute atomic E-state index is 0.646. The molecule has 16 heavy (non-hydrogen) atoms. The van der Waals surface area contributed by atoms with Crippen molar-refractivity contribution in [3.8, 4) is 0 Å². The van der Waals surface area contributed by atoms with E-state index in [9.17, 15) is 0 Å². The molecule has 0 aromatic heterocycles. The first kappa shape index (κ1) is 11.9. The summed E-state index contributed by atoms with van der Waals surface area (Å²) in [6.45, 7) is 4.29. The number of likely N-dealkylation sites (N-methyl/N-ethyl adjacent to an activating group) is 1. The Morgan fingerprint density at radius 3 is 2.81 bits per heavy atom. The van der Waals surface area contributed by atoms with Gasteiger partial charge in [-0.1, -0.05) is 37.1 Å². The van der Waals surface area contributed by atoms with Gasteiger partial charge >= 0.3 is 0 Å². The number of hydrogen-bond acceptors (Lipinski definition) is 1. The van der Waals surface area contributed by atoms with E-state index < -0.39 is 0 Å². The van der Waals surface area contributed by atoms with Gasteiger partial charge < -0.3 is 5.32 Å². The van der Waals surface area contributed by atoms with Crippen molar-refractivity contribution in [2.24, 2.45) is 5.92 Å². The third kappa shape index (κ3) is 2.78. The highest BCUT2D eigenvalue weighted by Gasteiger charge is 2.28. The van der Waals surface area contributed by atoms with Gasteiger partial charge in [-0.3, -0.25) is 0 Å². The summed E-state index contributed by atoms with van der Waals surface area (Å²) >= 11 is 6.07. The van der Waals surface area contributed by atoms with E-state index >= 15 is 0 Å². The zero-order chi connectivity index (χ0) is 11.4. The Morgan fingerprint density at radius 2 is 2.25 bits per heavy atom. The molecule has 1 aromatic carbocycles. The molecule has 88 valence electrons. The smallest absolute Gasteiger partial charge is 0.0408 e. The summed E-state index contributed by atoms with van der Waals surface area (Å²) in [6.07, 6.45) is 4.15. The first-order valence-electron chi connectivity index (χ1n) is 6.27. The molecule has 1 unspecified atom stereocenters. The van der Waals surface area contributed by atoms with Gasteiger partial charge in [0.1, 0.15) is 0 Å². The number of halogens is 1. The molecule has 1 aliphatic rings. The molecule has 0 amide bonds. The van der Waals surface area contributed by atoms with Crippen LogP contribution in [-0.2, 0) is 0 Å². The maximum absolute atomic E-state index is 6.07. The molecule has 1 fully saturated rings. The summed E-state index contributed by atoms with van der Waals surface area (Å²) in [4.78, 5) is 0. The monoisotopic (exact) mass is 237 g/mol. The van der Waals surface area contributed by atoms with E-state index in [2.05, 4.69) is 30.4 Å². The van der Waals surface area contributed by atoms with Crippen LogP contribution in [0.5, 0.6) is 0 Å². The maximum Gasteiger partial charge on any atom is 0.0408 e. The lowest BCUT2D eigenvalue weighted by Crippen LogP contribution is -2.30. The van der Waals surface area contributed by atoms with Gasteiger partial charge in [0.2, 0.25) is 0 Å². The van der Waals surface area contributed by atoms with E-state index in [0.29, 0.717) is 5.92 Å². The molecule has 0 aliphatic heterocycles. The second kappa shape index (κ2) is 5.70. The molecule has 0 saturated heterocycles. The van der Waals surface area contributed by atoms with E-state index in [1.807, 2.05) is 6.07 Å². The summed E-state index contributed by atoms with van der Waals surface area (Å²) in [7, 11) is 0. The van der Waals surface area contributed by atoms with Gasteiger partial charge in [0.25, 0.3) is 0 Å². The minimum atomic E-state index is 0.646. The third-order valence-electron chi connectivity index (χ3n) is 3.61. The molecular weight excluding hydrogens is 218 g/mol. The summed E-state index contributed by atoms with van der Waals surface area (Å²) < 4.78 is 0. The zero-order valence-corrected chi connectivity index (χ0v) is 10.6. The highest BCUT2D eigenvalue weighted by molar-refractivity contribution is 6.30. The molecule has 0 spiro atoms. The van der Waals surface area contributed by atoms with Crippen LogP contribution in [0.3, 0.4) is 0 Å². The summed E-state index contributed by atoms with van der Waals surface area (Å²) in [5, 5.41) is 4.33. The van der Waals surface area contributed by atoms with Crippen LogP contribution < -0.4 is 5.32 Å². The Morgan fingerprint density at radius 1 is 1.44 bits per heavy atom. The maximum atomic E-state index is 6.07. The number of rotatable bonds is 5. The van der Waals surface area contributed by atoms with Crippen molar-refractivity contribution in [1.29, 1.82) is 0 Å². The fraction of sp³-hybridized carbons (Fsp3) is 0.571. The van der Waals surface area contributed by atoms with Crippen LogP contribution in [0.15, 0.2) is 24.3 Å². The van der Waals surface area contributed by atoms with Crippen molar-refractivity contribution in [2.75, 3.05) is 13.1 Å². The average molecular weight is 238 g/mol. The Balaban J connectivity index is 2.10. The van der Waals surface area contributed by atoms with Crippen LogP contribution in [0, 0.1) is 5.92 Å². The molecule has 1 N–H and O–H groups in total. The molecule has 2 heteroatoms. The van der Waals surface area contributed by atoms with Gasteiger partial charge in [0.15, 0.2) is 0 Å². The topological polar surface area (TPSA) is 12.0 Å². The Kier molecular flexibility index (Phi) is 4.25. The molecule has 2 rings (SSSR count). The van der Waals surface area contributed by atoms with Crippen molar-refractivity contribution < 1.29 is 0 Å².